The molecule has 3 aliphatic heterocycles. The summed E-state index contributed by atoms with van der Waals surface area (Å²) in [4.78, 5) is 35.6. The number of carbonyl (C=O) groups is 2. The van der Waals surface area contributed by atoms with Gasteiger partial charge in [-0.05, 0) is 55.7 Å². The third kappa shape index (κ3) is 4.96. The van der Waals surface area contributed by atoms with Crippen molar-refractivity contribution in [1.82, 2.24) is 25.3 Å². The van der Waals surface area contributed by atoms with Crippen LogP contribution < -0.4 is 16.6 Å². The molecule has 0 bridgehead atoms. The summed E-state index contributed by atoms with van der Waals surface area (Å²) in [6.45, 7) is 5.23. The summed E-state index contributed by atoms with van der Waals surface area (Å²) in [5.74, 6) is 6.60. The molecular formula is C27H30N8O2. The minimum absolute atomic E-state index is 0.0303. The van der Waals surface area contributed by atoms with Crippen molar-refractivity contribution >= 4 is 29.7 Å². The maximum atomic E-state index is 12.7. The van der Waals surface area contributed by atoms with E-state index in [9.17, 15) is 9.59 Å². The lowest BCUT2D eigenvalue weighted by Crippen LogP contribution is -2.43. The van der Waals surface area contributed by atoms with E-state index in [1.54, 1.807) is 36.9 Å². The highest BCUT2D eigenvalue weighted by molar-refractivity contribution is 6.04. The number of rotatable bonds is 6. The van der Waals surface area contributed by atoms with E-state index in [2.05, 4.69) is 20.7 Å². The number of aromatic nitrogens is 1. The molecule has 190 valence electrons. The van der Waals surface area contributed by atoms with Gasteiger partial charge in [0.2, 0.25) is 5.91 Å². The number of hydrogen-bond acceptors (Lipinski definition) is 8. The van der Waals surface area contributed by atoms with E-state index < -0.39 is 0 Å². The number of hydrazine groups is 2. The van der Waals surface area contributed by atoms with Crippen molar-refractivity contribution < 1.29 is 9.59 Å². The van der Waals surface area contributed by atoms with Crippen LogP contribution in [0.3, 0.4) is 0 Å². The van der Waals surface area contributed by atoms with E-state index in [0.717, 1.165) is 41.1 Å². The quantitative estimate of drug-likeness (QED) is 0.414. The van der Waals surface area contributed by atoms with Gasteiger partial charge in [0, 0.05) is 30.4 Å². The Kier molecular flexibility index (Phi) is 6.74. The van der Waals surface area contributed by atoms with Crippen LogP contribution in [-0.4, -0.2) is 57.2 Å². The van der Waals surface area contributed by atoms with Gasteiger partial charge in [-0.15, -0.1) is 0 Å². The molecule has 1 atom stereocenters. The first kappa shape index (κ1) is 24.3. The Labute approximate surface area is 215 Å². The number of aliphatic imine (C=N–C) groups is 1. The molecule has 1 aromatic carbocycles. The van der Waals surface area contributed by atoms with Gasteiger partial charge >= 0.3 is 0 Å². The monoisotopic (exact) mass is 498 g/mol. The fraction of sp³-hybridized carbons (Fsp3) is 0.259. The number of anilines is 1. The summed E-state index contributed by atoms with van der Waals surface area (Å²) in [6.07, 6.45) is 10.2. The highest BCUT2D eigenvalue weighted by Crippen LogP contribution is 2.36. The largest absolute Gasteiger partial charge is 0.337 e. The first-order valence-electron chi connectivity index (χ1n) is 12.3. The zero-order valence-corrected chi connectivity index (χ0v) is 20.9. The van der Waals surface area contributed by atoms with Crippen molar-refractivity contribution in [1.29, 1.82) is 0 Å². The summed E-state index contributed by atoms with van der Waals surface area (Å²) in [5, 5.41) is 6.37. The average Bonchev–Trinajstić information content (AvgIpc) is 3.53. The molecule has 2 amide bonds. The van der Waals surface area contributed by atoms with Gasteiger partial charge in [-0.2, -0.15) is 0 Å². The number of hydrogen-bond donors (Lipinski definition) is 3. The Morgan fingerprint density at radius 3 is 2.81 bits per heavy atom. The van der Waals surface area contributed by atoms with E-state index in [-0.39, 0.29) is 17.9 Å². The molecule has 0 spiro atoms. The number of nitrogens with zero attached hydrogens (tertiary/aromatic N) is 5. The molecule has 1 fully saturated rings. The van der Waals surface area contributed by atoms with E-state index in [1.165, 1.54) is 5.01 Å². The van der Waals surface area contributed by atoms with Crippen LogP contribution in [0.25, 0.3) is 5.70 Å². The maximum absolute atomic E-state index is 12.7. The van der Waals surface area contributed by atoms with Crippen LogP contribution in [0.2, 0.25) is 0 Å². The highest BCUT2D eigenvalue weighted by atomic mass is 16.2. The molecule has 5 rings (SSSR count). The molecule has 0 aliphatic carbocycles. The Morgan fingerprint density at radius 2 is 2.05 bits per heavy atom. The number of aryl methyl sites for hydroxylation is 1. The predicted molar refractivity (Wildman–Crippen MR) is 142 cm³/mol. The second-order valence-electron chi connectivity index (χ2n) is 9.18. The zero-order chi connectivity index (χ0) is 25.9. The molecule has 0 unspecified atom stereocenters. The van der Waals surface area contributed by atoms with Crippen molar-refractivity contribution in [2.45, 2.75) is 32.7 Å². The second-order valence-corrected chi connectivity index (χ2v) is 9.18. The number of benzene rings is 1. The van der Waals surface area contributed by atoms with Crippen molar-refractivity contribution in [2.75, 3.05) is 18.4 Å². The van der Waals surface area contributed by atoms with Crippen molar-refractivity contribution in [3.05, 3.63) is 89.0 Å². The van der Waals surface area contributed by atoms with Gasteiger partial charge in [0.1, 0.15) is 23.6 Å². The van der Waals surface area contributed by atoms with Gasteiger partial charge in [-0.1, -0.05) is 25.1 Å². The molecule has 2 aromatic rings. The zero-order valence-electron chi connectivity index (χ0n) is 20.9. The summed E-state index contributed by atoms with van der Waals surface area (Å²) in [5.41, 5.74) is 8.34. The molecule has 10 nitrogen and oxygen atoms in total. The van der Waals surface area contributed by atoms with Crippen LogP contribution in [0.1, 0.15) is 41.3 Å². The van der Waals surface area contributed by atoms with Gasteiger partial charge in [-0.25, -0.2) is 15.8 Å². The van der Waals surface area contributed by atoms with Crippen LogP contribution in [0, 0.1) is 6.92 Å². The van der Waals surface area contributed by atoms with Crippen molar-refractivity contribution in [2.24, 2.45) is 10.8 Å². The molecule has 0 radical (unpaired) electrons. The van der Waals surface area contributed by atoms with Crippen LogP contribution in [0.15, 0.2) is 77.3 Å². The SMILES string of the molecule is CCC=CC(=O)N1CC[C@@H](N2NC(c3ccc(C(=O)Nc4cc(C)ccn4)cc3)=C3C2=CN=CN3N)C1. The van der Waals surface area contributed by atoms with Gasteiger partial charge in [0.05, 0.1) is 17.9 Å². The van der Waals surface area contributed by atoms with Crippen LogP contribution in [-0.2, 0) is 4.79 Å². The molecular weight excluding hydrogens is 468 g/mol. The van der Waals surface area contributed by atoms with Gasteiger partial charge in [-0.3, -0.25) is 25.0 Å². The Hall–Kier alpha value is -4.44. The highest BCUT2D eigenvalue weighted by Gasteiger charge is 2.39. The molecule has 1 aromatic heterocycles. The minimum Gasteiger partial charge on any atom is -0.337 e. The standard InChI is InChI=1S/C27H30N8O2/c1-3-4-5-24(36)33-13-11-21(16-33)35-22-15-29-17-34(28)26(22)25(32-35)19-6-8-20(9-7-19)27(37)31-23-14-18(2)10-12-30-23/h4-10,12,14-15,17,21,32H,3,11,13,16,28H2,1-2H3,(H,30,31,37)/t21-/m1/s1. The Bertz CT molecular complexity index is 1330. The van der Waals surface area contributed by atoms with Crippen LogP contribution >= 0.6 is 0 Å². The molecule has 3 aliphatic rings. The number of pyridine rings is 1. The van der Waals surface area contributed by atoms with E-state index in [0.29, 0.717) is 24.5 Å². The summed E-state index contributed by atoms with van der Waals surface area (Å²) in [7, 11) is 0. The van der Waals surface area contributed by atoms with E-state index in [4.69, 9.17) is 5.84 Å². The van der Waals surface area contributed by atoms with Gasteiger partial charge < -0.3 is 10.2 Å². The number of amides is 2. The molecule has 0 saturated carbocycles. The maximum Gasteiger partial charge on any atom is 0.256 e. The molecule has 4 N–H and O–H groups in total. The number of allylic oxidation sites excluding steroid dienone is 1. The number of carbonyl (C=O) groups excluding carboxylic acids is 2. The molecule has 1 saturated heterocycles. The van der Waals surface area contributed by atoms with Crippen LogP contribution in [0.4, 0.5) is 5.82 Å². The third-order valence-corrected chi connectivity index (χ3v) is 6.55. The van der Waals surface area contributed by atoms with Crippen molar-refractivity contribution in [3.63, 3.8) is 0 Å². The van der Waals surface area contributed by atoms with Crippen molar-refractivity contribution in [3.8, 4) is 0 Å². The smallest absolute Gasteiger partial charge is 0.256 e. The van der Waals surface area contributed by atoms with E-state index in [1.807, 2.05) is 54.1 Å². The van der Waals surface area contributed by atoms with Gasteiger partial charge in [0.15, 0.2) is 0 Å². The lowest BCUT2D eigenvalue weighted by molar-refractivity contribution is -0.125. The fourth-order valence-corrected chi connectivity index (χ4v) is 4.64. The number of likely N-dealkylation sites (tertiary alicyclic amines) is 1. The predicted octanol–water partition coefficient (Wildman–Crippen LogP) is 2.76. The third-order valence-electron chi connectivity index (χ3n) is 6.55. The minimum atomic E-state index is -0.234. The summed E-state index contributed by atoms with van der Waals surface area (Å²) >= 11 is 0. The number of nitrogens with one attached hydrogen (secondary N) is 2. The van der Waals surface area contributed by atoms with Crippen LogP contribution in [0.5, 0.6) is 0 Å². The average molecular weight is 499 g/mol. The Balaban J connectivity index is 1.34. The normalized spacial score (nSPS) is 18.8. The second kappa shape index (κ2) is 10.3. The first-order valence-corrected chi connectivity index (χ1v) is 12.3. The molecule has 4 heterocycles. The topological polar surface area (TPSA) is 119 Å². The lowest BCUT2D eigenvalue weighted by Gasteiger charge is -2.30. The molecule has 37 heavy (non-hydrogen) atoms. The number of fused-ring (bicyclic) bond motifs is 1. The first-order chi connectivity index (χ1) is 17.9. The fourth-order valence-electron chi connectivity index (χ4n) is 4.64. The summed E-state index contributed by atoms with van der Waals surface area (Å²) < 4.78 is 0. The number of nitrogens with two attached hydrogens (primary N) is 1. The van der Waals surface area contributed by atoms with Gasteiger partial charge in [0.25, 0.3) is 5.91 Å². The molecule has 10 heteroatoms. The Morgan fingerprint density at radius 1 is 1.24 bits per heavy atom. The van der Waals surface area contributed by atoms with E-state index >= 15 is 0 Å². The lowest BCUT2D eigenvalue weighted by atomic mass is 10.1. The summed E-state index contributed by atoms with van der Waals surface area (Å²) in [6, 6.07) is 11.1.